The maximum atomic E-state index is 6.12. The van der Waals surface area contributed by atoms with E-state index in [0.29, 0.717) is 0 Å². The first kappa shape index (κ1) is 14.7. The maximum Gasteiger partial charge on any atom is 0.494 e. The predicted octanol–water partition coefficient (Wildman–Crippen LogP) is 3.35. The average molecular weight is 285 g/mol. The summed E-state index contributed by atoms with van der Waals surface area (Å²) in [6, 6.07) is 8.64. The number of aryl methyl sites for hydroxylation is 1. The van der Waals surface area contributed by atoms with Crippen molar-refractivity contribution in [3.63, 3.8) is 0 Å². The van der Waals surface area contributed by atoms with Crippen molar-refractivity contribution in [1.29, 1.82) is 0 Å². The summed E-state index contributed by atoms with van der Waals surface area (Å²) in [5.74, 6) is 0. The first-order chi connectivity index (χ1) is 9.84. The quantitative estimate of drug-likeness (QED) is 0.807. The molecule has 0 amide bonds. The molecule has 1 aromatic carbocycles. The number of fused-ring (bicyclic) bond motifs is 1. The van der Waals surface area contributed by atoms with Crippen LogP contribution in [0.4, 0.5) is 0 Å². The van der Waals surface area contributed by atoms with Crippen molar-refractivity contribution in [1.82, 2.24) is 4.57 Å². The number of rotatable bonds is 3. The van der Waals surface area contributed by atoms with Crippen molar-refractivity contribution >= 4 is 23.5 Å². The van der Waals surface area contributed by atoms with Crippen molar-refractivity contribution in [2.75, 3.05) is 0 Å². The Hall–Kier alpha value is -1.26. The first-order valence-electron chi connectivity index (χ1n) is 7.78. The molecular weight excluding hydrogens is 261 g/mol. The van der Waals surface area contributed by atoms with Gasteiger partial charge in [0.1, 0.15) is 0 Å². The molecular formula is C17H24BNO2. The molecule has 2 aromatic rings. The highest BCUT2D eigenvalue weighted by atomic mass is 16.7. The highest BCUT2D eigenvalue weighted by molar-refractivity contribution is 6.62. The number of nitrogens with zero attached hydrogens (tertiary/aromatic N) is 1. The minimum Gasteiger partial charge on any atom is -0.399 e. The van der Waals surface area contributed by atoms with Crippen LogP contribution in [0.5, 0.6) is 0 Å². The fourth-order valence-electron chi connectivity index (χ4n) is 2.78. The van der Waals surface area contributed by atoms with Gasteiger partial charge in [0.15, 0.2) is 0 Å². The zero-order valence-corrected chi connectivity index (χ0v) is 13.6. The van der Waals surface area contributed by atoms with Gasteiger partial charge in [-0.2, -0.15) is 0 Å². The van der Waals surface area contributed by atoms with E-state index in [1.165, 1.54) is 10.9 Å². The van der Waals surface area contributed by atoms with Crippen LogP contribution in [0.15, 0.2) is 30.5 Å². The Bertz CT molecular complexity index is 644. The molecule has 0 spiro atoms. The van der Waals surface area contributed by atoms with Crippen LogP contribution in [-0.4, -0.2) is 22.9 Å². The molecule has 1 aromatic heterocycles. The van der Waals surface area contributed by atoms with Gasteiger partial charge in [0.2, 0.25) is 0 Å². The second kappa shape index (κ2) is 4.89. The van der Waals surface area contributed by atoms with Crippen molar-refractivity contribution in [2.24, 2.45) is 0 Å². The Balaban J connectivity index is 1.92. The summed E-state index contributed by atoms with van der Waals surface area (Å²) < 4.78 is 14.5. The van der Waals surface area contributed by atoms with E-state index in [0.717, 1.165) is 18.4 Å². The van der Waals surface area contributed by atoms with Crippen LogP contribution in [0, 0.1) is 0 Å². The summed E-state index contributed by atoms with van der Waals surface area (Å²) >= 11 is 0. The van der Waals surface area contributed by atoms with Crippen LogP contribution in [0.1, 0.15) is 41.0 Å². The Morgan fingerprint density at radius 2 is 1.71 bits per heavy atom. The number of benzene rings is 1. The predicted molar refractivity (Wildman–Crippen MR) is 87.9 cm³/mol. The molecule has 1 aliphatic rings. The molecule has 1 aliphatic heterocycles. The SMILES string of the molecule is CCCn1ccc2cc(B3OC(C)(C)C(C)(C)O3)ccc21. The number of hydrogen-bond acceptors (Lipinski definition) is 2. The summed E-state index contributed by atoms with van der Waals surface area (Å²) in [5, 5.41) is 1.25. The zero-order valence-electron chi connectivity index (χ0n) is 13.6. The van der Waals surface area contributed by atoms with Crippen LogP contribution in [0.2, 0.25) is 0 Å². The third-order valence-electron chi connectivity index (χ3n) is 4.78. The van der Waals surface area contributed by atoms with E-state index in [4.69, 9.17) is 9.31 Å². The van der Waals surface area contributed by atoms with Crippen LogP contribution in [0.3, 0.4) is 0 Å². The summed E-state index contributed by atoms with van der Waals surface area (Å²) in [7, 11) is -0.283. The molecule has 0 aliphatic carbocycles. The van der Waals surface area contributed by atoms with Crippen molar-refractivity contribution in [3.8, 4) is 0 Å². The molecule has 2 heterocycles. The van der Waals surface area contributed by atoms with E-state index in [2.05, 4.69) is 69.6 Å². The van der Waals surface area contributed by atoms with E-state index in [9.17, 15) is 0 Å². The fourth-order valence-corrected chi connectivity index (χ4v) is 2.78. The molecule has 0 saturated carbocycles. The normalized spacial score (nSPS) is 20.3. The third-order valence-corrected chi connectivity index (χ3v) is 4.78. The Morgan fingerprint density at radius 1 is 1.05 bits per heavy atom. The fraction of sp³-hybridized carbons (Fsp3) is 0.529. The van der Waals surface area contributed by atoms with Gasteiger partial charge in [0.05, 0.1) is 11.2 Å². The Kier molecular flexibility index (Phi) is 3.42. The molecule has 0 N–H and O–H groups in total. The maximum absolute atomic E-state index is 6.12. The van der Waals surface area contributed by atoms with E-state index >= 15 is 0 Å². The van der Waals surface area contributed by atoms with Crippen molar-refractivity contribution in [3.05, 3.63) is 30.5 Å². The molecule has 1 fully saturated rings. The van der Waals surface area contributed by atoms with Gasteiger partial charge in [-0.25, -0.2) is 0 Å². The molecule has 0 atom stereocenters. The lowest BCUT2D eigenvalue weighted by Gasteiger charge is -2.32. The van der Waals surface area contributed by atoms with Gasteiger partial charge in [-0.3, -0.25) is 0 Å². The van der Waals surface area contributed by atoms with E-state index < -0.39 is 0 Å². The van der Waals surface area contributed by atoms with Gasteiger partial charge >= 0.3 is 7.12 Å². The molecule has 3 rings (SSSR count). The lowest BCUT2D eigenvalue weighted by atomic mass is 9.79. The van der Waals surface area contributed by atoms with Gasteiger partial charge in [0, 0.05) is 18.3 Å². The summed E-state index contributed by atoms with van der Waals surface area (Å²) in [6.07, 6.45) is 3.30. The first-order valence-corrected chi connectivity index (χ1v) is 7.78. The zero-order chi connectivity index (χ0) is 15.3. The third kappa shape index (κ3) is 2.41. The van der Waals surface area contributed by atoms with Crippen LogP contribution in [0.25, 0.3) is 10.9 Å². The van der Waals surface area contributed by atoms with Crippen molar-refractivity contribution in [2.45, 2.75) is 58.8 Å². The van der Waals surface area contributed by atoms with Gasteiger partial charge in [-0.05, 0) is 57.1 Å². The van der Waals surface area contributed by atoms with Crippen LogP contribution < -0.4 is 5.46 Å². The van der Waals surface area contributed by atoms with E-state index in [-0.39, 0.29) is 18.3 Å². The summed E-state index contributed by atoms with van der Waals surface area (Å²) in [4.78, 5) is 0. The molecule has 0 unspecified atom stereocenters. The minimum absolute atomic E-state index is 0.283. The van der Waals surface area contributed by atoms with E-state index in [1.807, 2.05) is 0 Å². The molecule has 1 saturated heterocycles. The molecule has 3 nitrogen and oxygen atoms in total. The monoisotopic (exact) mass is 285 g/mol. The minimum atomic E-state index is -0.291. The standard InChI is InChI=1S/C17H24BNO2/c1-6-10-19-11-9-13-12-14(7-8-15(13)19)18-20-16(2,3)17(4,5)21-18/h7-9,11-12H,6,10H2,1-5H3. The highest BCUT2D eigenvalue weighted by Gasteiger charge is 2.51. The lowest BCUT2D eigenvalue weighted by Crippen LogP contribution is -2.41. The second-order valence-corrected chi connectivity index (χ2v) is 6.92. The molecule has 112 valence electrons. The average Bonchev–Trinajstić information content (AvgIpc) is 2.89. The molecule has 4 heteroatoms. The van der Waals surface area contributed by atoms with E-state index in [1.54, 1.807) is 0 Å². The second-order valence-electron chi connectivity index (χ2n) is 6.92. The topological polar surface area (TPSA) is 23.4 Å². The Morgan fingerprint density at radius 3 is 2.33 bits per heavy atom. The molecule has 0 radical (unpaired) electrons. The highest BCUT2D eigenvalue weighted by Crippen LogP contribution is 2.36. The van der Waals surface area contributed by atoms with Crippen molar-refractivity contribution < 1.29 is 9.31 Å². The largest absolute Gasteiger partial charge is 0.494 e. The van der Waals surface area contributed by atoms with Crippen LogP contribution in [-0.2, 0) is 15.9 Å². The van der Waals surface area contributed by atoms with Crippen LogP contribution >= 0.6 is 0 Å². The Labute approximate surface area is 127 Å². The summed E-state index contributed by atoms with van der Waals surface area (Å²) in [5.41, 5.74) is 1.79. The van der Waals surface area contributed by atoms with Gasteiger partial charge in [-0.15, -0.1) is 0 Å². The number of aromatic nitrogens is 1. The number of hydrogen-bond donors (Lipinski definition) is 0. The lowest BCUT2D eigenvalue weighted by molar-refractivity contribution is 0.00578. The van der Waals surface area contributed by atoms with Gasteiger partial charge < -0.3 is 13.9 Å². The molecule has 21 heavy (non-hydrogen) atoms. The molecule has 0 bridgehead atoms. The van der Waals surface area contributed by atoms with Gasteiger partial charge in [-0.1, -0.05) is 19.1 Å². The smallest absolute Gasteiger partial charge is 0.399 e. The summed E-state index contributed by atoms with van der Waals surface area (Å²) in [6.45, 7) is 11.6. The van der Waals surface area contributed by atoms with Gasteiger partial charge in [0.25, 0.3) is 0 Å².